The Balaban J connectivity index is 1.62. The molecule has 3 rings (SSSR count). The molecule has 1 saturated heterocycles. The summed E-state index contributed by atoms with van der Waals surface area (Å²) >= 11 is 0. The number of hydrogen-bond acceptors (Lipinski definition) is 4. The van der Waals surface area contributed by atoms with Crippen LogP contribution in [0.5, 0.6) is 0 Å². The van der Waals surface area contributed by atoms with Gasteiger partial charge in [0.1, 0.15) is 0 Å². The van der Waals surface area contributed by atoms with E-state index < -0.39 is 0 Å². The molecule has 0 radical (unpaired) electrons. The van der Waals surface area contributed by atoms with E-state index in [9.17, 15) is 9.59 Å². The molecule has 2 aromatic rings. The van der Waals surface area contributed by atoms with Gasteiger partial charge in [0.2, 0.25) is 11.8 Å². The van der Waals surface area contributed by atoms with Gasteiger partial charge in [-0.25, -0.2) is 9.50 Å². The fraction of sp³-hybridized carbons (Fsp3) is 0.467. The molecule has 2 aromatic heterocycles. The standard InChI is InChI=1S/C15H19N5O2/c1-10(2)19-9-11(6-13(19)21)15(22)17-7-12-8-18-20-5-3-4-16-14(12)20/h3-5,8,10-11H,6-7,9H2,1-2H3,(H,17,22). The van der Waals surface area contributed by atoms with Gasteiger partial charge in [0.05, 0.1) is 12.1 Å². The van der Waals surface area contributed by atoms with Crippen molar-refractivity contribution in [3.8, 4) is 0 Å². The molecule has 2 amide bonds. The number of likely N-dealkylation sites (tertiary alicyclic amines) is 1. The average molecular weight is 301 g/mol. The molecule has 1 aliphatic heterocycles. The zero-order valence-electron chi connectivity index (χ0n) is 12.7. The van der Waals surface area contributed by atoms with Crippen molar-refractivity contribution in [3.63, 3.8) is 0 Å². The minimum Gasteiger partial charge on any atom is -0.352 e. The Morgan fingerprint density at radius 1 is 1.50 bits per heavy atom. The van der Waals surface area contributed by atoms with Crippen LogP contribution in [0.25, 0.3) is 5.65 Å². The molecule has 3 heterocycles. The molecule has 7 heteroatoms. The molecule has 0 saturated carbocycles. The molecule has 7 nitrogen and oxygen atoms in total. The summed E-state index contributed by atoms with van der Waals surface area (Å²) in [4.78, 5) is 30.1. The van der Waals surface area contributed by atoms with Gasteiger partial charge in [-0.2, -0.15) is 5.10 Å². The lowest BCUT2D eigenvalue weighted by Gasteiger charge is -2.20. The Kier molecular flexibility index (Phi) is 3.79. The molecule has 0 aliphatic carbocycles. The highest BCUT2D eigenvalue weighted by Gasteiger charge is 2.35. The van der Waals surface area contributed by atoms with Crippen LogP contribution in [-0.2, 0) is 16.1 Å². The third kappa shape index (κ3) is 2.66. The quantitative estimate of drug-likeness (QED) is 0.897. The SMILES string of the molecule is CC(C)N1CC(C(=O)NCc2cnn3cccnc23)CC1=O. The number of nitrogens with one attached hydrogen (secondary N) is 1. The van der Waals surface area contributed by atoms with Crippen LogP contribution in [0.4, 0.5) is 0 Å². The summed E-state index contributed by atoms with van der Waals surface area (Å²) in [7, 11) is 0. The molecular formula is C15H19N5O2. The van der Waals surface area contributed by atoms with Gasteiger partial charge in [0.15, 0.2) is 5.65 Å². The van der Waals surface area contributed by atoms with E-state index in [2.05, 4.69) is 15.4 Å². The summed E-state index contributed by atoms with van der Waals surface area (Å²) in [5.41, 5.74) is 1.59. The topological polar surface area (TPSA) is 79.6 Å². The highest BCUT2D eigenvalue weighted by atomic mass is 16.2. The number of amides is 2. The first-order chi connectivity index (χ1) is 10.6. The van der Waals surface area contributed by atoms with Crippen LogP contribution in [0, 0.1) is 5.92 Å². The van der Waals surface area contributed by atoms with Crippen molar-refractivity contribution in [1.29, 1.82) is 0 Å². The zero-order chi connectivity index (χ0) is 15.7. The van der Waals surface area contributed by atoms with Gasteiger partial charge >= 0.3 is 0 Å². The van der Waals surface area contributed by atoms with Gasteiger partial charge < -0.3 is 10.2 Å². The van der Waals surface area contributed by atoms with Gasteiger partial charge in [-0.15, -0.1) is 0 Å². The number of fused-ring (bicyclic) bond motifs is 1. The third-order valence-corrected chi connectivity index (χ3v) is 3.96. The van der Waals surface area contributed by atoms with E-state index in [1.807, 2.05) is 20.0 Å². The van der Waals surface area contributed by atoms with E-state index in [0.29, 0.717) is 13.1 Å². The van der Waals surface area contributed by atoms with E-state index in [4.69, 9.17) is 0 Å². The van der Waals surface area contributed by atoms with E-state index in [0.717, 1.165) is 11.2 Å². The molecule has 1 aliphatic rings. The zero-order valence-corrected chi connectivity index (χ0v) is 12.7. The van der Waals surface area contributed by atoms with Gasteiger partial charge in [0.25, 0.3) is 0 Å². The maximum Gasteiger partial charge on any atom is 0.225 e. The molecule has 1 fully saturated rings. The second-order valence-electron chi connectivity index (χ2n) is 5.82. The van der Waals surface area contributed by atoms with E-state index in [1.165, 1.54) is 0 Å². The van der Waals surface area contributed by atoms with E-state index in [-0.39, 0.29) is 30.2 Å². The van der Waals surface area contributed by atoms with Crippen molar-refractivity contribution in [2.45, 2.75) is 32.9 Å². The van der Waals surface area contributed by atoms with Crippen LogP contribution in [-0.4, -0.2) is 43.9 Å². The highest BCUT2D eigenvalue weighted by Crippen LogP contribution is 2.20. The minimum atomic E-state index is -0.273. The summed E-state index contributed by atoms with van der Waals surface area (Å²) < 4.78 is 1.67. The van der Waals surface area contributed by atoms with Gasteiger partial charge in [-0.3, -0.25) is 9.59 Å². The number of nitrogens with zero attached hydrogens (tertiary/aromatic N) is 4. The van der Waals surface area contributed by atoms with Crippen LogP contribution in [0.3, 0.4) is 0 Å². The molecule has 0 aromatic carbocycles. The summed E-state index contributed by atoms with van der Waals surface area (Å²) in [5.74, 6) is -0.315. The van der Waals surface area contributed by atoms with E-state index >= 15 is 0 Å². The van der Waals surface area contributed by atoms with E-state index in [1.54, 1.807) is 27.9 Å². The van der Waals surface area contributed by atoms with Crippen molar-refractivity contribution in [1.82, 2.24) is 24.8 Å². The number of rotatable bonds is 4. The lowest BCUT2D eigenvalue weighted by Crippen LogP contribution is -2.35. The number of carbonyl (C=O) groups excluding carboxylic acids is 2. The smallest absolute Gasteiger partial charge is 0.225 e. The van der Waals surface area contributed by atoms with Crippen molar-refractivity contribution in [2.75, 3.05) is 6.54 Å². The lowest BCUT2D eigenvalue weighted by molar-refractivity contribution is -0.129. The summed E-state index contributed by atoms with van der Waals surface area (Å²) in [6.45, 7) is 4.78. The molecule has 0 spiro atoms. The Labute approximate surface area is 128 Å². The Hall–Kier alpha value is -2.44. The van der Waals surface area contributed by atoms with Crippen molar-refractivity contribution < 1.29 is 9.59 Å². The maximum absolute atomic E-state index is 12.3. The maximum atomic E-state index is 12.3. The first-order valence-corrected chi connectivity index (χ1v) is 7.40. The fourth-order valence-electron chi connectivity index (χ4n) is 2.73. The lowest BCUT2D eigenvalue weighted by atomic mass is 10.1. The second-order valence-corrected chi connectivity index (χ2v) is 5.82. The van der Waals surface area contributed by atoms with Crippen LogP contribution in [0.15, 0.2) is 24.7 Å². The molecule has 1 N–H and O–H groups in total. The predicted octanol–water partition coefficient (Wildman–Crippen LogP) is 0.602. The Morgan fingerprint density at radius 2 is 2.32 bits per heavy atom. The first kappa shape index (κ1) is 14.5. The molecular weight excluding hydrogens is 282 g/mol. The summed E-state index contributed by atoms with van der Waals surface area (Å²) in [6, 6.07) is 1.93. The predicted molar refractivity (Wildman–Crippen MR) is 79.8 cm³/mol. The summed E-state index contributed by atoms with van der Waals surface area (Å²) in [6.07, 6.45) is 5.49. The minimum absolute atomic E-state index is 0.0489. The van der Waals surface area contributed by atoms with Crippen molar-refractivity contribution in [3.05, 3.63) is 30.2 Å². The van der Waals surface area contributed by atoms with Crippen LogP contribution in [0.2, 0.25) is 0 Å². The summed E-state index contributed by atoms with van der Waals surface area (Å²) in [5, 5.41) is 7.07. The monoisotopic (exact) mass is 301 g/mol. The molecule has 1 unspecified atom stereocenters. The number of carbonyl (C=O) groups is 2. The Bertz CT molecular complexity index is 709. The van der Waals surface area contributed by atoms with Gasteiger partial charge in [-0.1, -0.05) is 0 Å². The fourth-order valence-corrected chi connectivity index (χ4v) is 2.73. The number of aromatic nitrogens is 3. The largest absolute Gasteiger partial charge is 0.352 e. The van der Waals surface area contributed by atoms with Gasteiger partial charge in [-0.05, 0) is 19.9 Å². The van der Waals surface area contributed by atoms with Crippen molar-refractivity contribution in [2.24, 2.45) is 5.92 Å². The Morgan fingerprint density at radius 3 is 3.05 bits per heavy atom. The molecule has 1 atom stereocenters. The van der Waals surface area contributed by atoms with Gasteiger partial charge in [0, 0.05) is 43.5 Å². The second kappa shape index (κ2) is 5.75. The molecule has 0 bridgehead atoms. The average Bonchev–Trinajstić information content (AvgIpc) is 3.08. The number of hydrogen-bond donors (Lipinski definition) is 1. The van der Waals surface area contributed by atoms with Crippen molar-refractivity contribution >= 4 is 17.5 Å². The normalized spacial score (nSPS) is 18.4. The van der Waals surface area contributed by atoms with Crippen LogP contribution < -0.4 is 5.32 Å². The van der Waals surface area contributed by atoms with Crippen LogP contribution >= 0.6 is 0 Å². The highest BCUT2D eigenvalue weighted by molar-refractivity contribution is 5.89. The molecule has 116 valence electrons. The van der Waals surface area contributed by atoms with Crippen LogP contribution in [0.1, 0.15) is 25.8 Å². The third-order valence-electron chi connectivity index (χ3n) is 3.96. The molecule has 22 heavy (non-hydrogen) atoms. The first-order valence-electron chi connectivity index (χ1n) is 7.40.